The molecule has 19 heavy (non-hydrogen) atoms. The van der Waals surface area contributed by atoms with Crippen LogP contribution in [0.1, 0.15) is 31.7 Å². The second-order valence-electron chi connectivity index (χ2n) is 5.15. The van der Waals surface area contributed by atoms with Gasteiger partial charge in [0.15, 0.2) is 0 Å². The molecule has 1 atom stereocenters. The molecule has 0 radical (unpaired) electrons. The minimum atomic E-state index is -0.561. The first-order valence-corrected chi connectivity index (χ1v) is 6.64. The summed E-state index contributed by atoms with van der Waals surface area (Å²) in [6.45, 7) is 9.09. The van der Waals surface area contributed by atoms with Crippen LogP contribution in [0.3, 0.4) is 0 Å². The van der Waals surface area contributed by atoms with Crippen LogP contribution in [-0.4, -0.2) is 22.2 Å². The quantitative estimate of drug-likeness (QED) is 0.795. The van der Waals surface area contributed by atoms with Crippen molar-refractivity contribution < 1.29 is 4.79 Å². The molecule has 104 valence electrons. The highest BCUT2D eigenvalue weighted by molar-refractivity contribution is 5.81. The number of nitriles is 1. The van der Waals surface area contributed by atoms with Gasteiger partial charge in [0.25, 0.3) is 0 Å². The van der Waals surface area contributed by atoms with Gasteiger partial charge in [-0.2, -0.15) is 10.4 Å². The van der Waals surface area contributed by atoms with Crippen LogP contribution in [0.15, 0.2) is 6.07 Å². The Morgan fingerprint density at radius 1 is 1.53 bits per heavy atom. The van der Waals surface area contributed by atoms with E-state index in [0.717, 1.165) is 24.4 Å². The second-order valence-corrected chi connectivity index (χ2v) is 5.15. The van der Waals surface area contributed by atoms with E-state index in [1.54, 1.807) is 0 Å². The van der Waals surface area contributed by atoms with Crippen molar-refractivity contribution in [3.8, 4) is 6.07 Å². The van der Waals surface area contributed by atoms with Gasteiger partial charge in [0.1, 0.15) is 5.92 Å². The van der Waals surface area contributed by atoms with Gasteiger partial charge in [-0.15, -0.1) is 0 Å². The highest BCUT2D eigenvalue weighted by Gasteiger charge is 2.20. The molecule has 1 aromatic heterocycles. The molecule has 0 spiro atoms. The summed E-state index contributed by atoms with van der Waals surface area (Å²) in [5.41, 5.74) is 2.13. The van der Waals surface area contributed by atoms with E-state index in [9.17, 15) is 4.79 Å². The average molecular weight is 262 g/mol. The molecule has 5 heteroatoms. The molecule has 0 fully saturated rings. The highest BCUT2D eigenvalue weighted by Crippen LogP contribution is 2.09. The third-order valence-electron chi connectivity index (χ3n) is 3.04. The van der Waals surface area contributed by atoms with E-state index in [1.165, 1.54) is 0 Å². The topological polar surface area (TPSA) is 70.7 Å². The number of aromatic nitrogens is 2. The van der Waals surface area contributed by atoms with Gasteiger partial charge in [-0.1, -0.05) is 13.8 Å². The number of hydrogen-bond acceptors (Lipinski definition) is 3. The molecule has 0 aliphatic rings. The number of hydrogen-bond donors (Lipinski definition) is 1. The number of nitrogens with one attached hydrogen (secondary N) is 1. The third kappa shape index (κ3) is 4.40. The summed E-state index contributed by atoms with van der Waals surface area (Å²) in [6, 6.07) is 4.07. The summed E-state index contributed by atoms with van der Waals surface area (Å²) < 4.78 is 1.94. The molecule has 1 heterocycles. The van der Waals surface area contributed by atoms with Gasteiger partial charge < -0.3 is 5.32 Å². The second kappa shape index (κ2) is 6.93. The molecule has 1 amide bonds. The Morgan fingerprint density at radius 3 is 2.68 bits per heavy atom. The van der Waals surface area contributed by atoms with Crippen LogP contribution < -0.4 is 5.32 Å². The number of amides is 1. The maximum atomic E-state index is 11.7. The lowest BCUT2D eigenvalue weighted by atomic mass is 9.97. The predicted octanol–water partition coefficient (Wildman–Crippen LogP) is 1.80. The van der Waals surface area contributed by atoms with E-state index in [1.807, 2.05) is 44.5 Å². The zero-order chi connectivity index (χ0) is 14.4. The number of aryl methyl sites for hydroxylation is 3. The Kier molecular flexibility index (Phi) is 5.56. The molecule has 0 aliphatic carbocycles. The zero-order valence-electron chi connectivity index (χ0n) is 12.1. The molecule has 1 unspecified atom stereocenters. The van der Waals surface area contributed by atoms with Gasteiger partial charge in [-0.05, 0) is 32.3 Å². The SMILES string of the molecule is Cc1cc(C)n(CCCNC(=O)C(C#N)C(C)C)n1. The van der Waals surface area contributed by atoms with Gasteiger partial charge in [0.2, 0.25) is 5.91 Å². The minimum Gasteiger partial charge on any atom is -0.355 e. The standard InChI is InChI=1S/C14H22N4O/c1-10(2)13(9-15)14(19)16-6-5-7-18-12(4)8-11(3)17-18/h8,10,13H,5-7H2,1-4H3,(H,16,19). The number of carbonyl (C=O) groups is 1. The molecule has 0 saturated heterocycles. The summed E-state index contributed by atoms with van der Waals surface area (Å²) in [4.78, 5) is 11.7. The maximum absolute atomic E-state index is 11.7. The molecule has 0 aromatic carbocycles. The van der Waals surface area contributed by atoms with E-state index in [2.05, 4.69) is 10.4 Å². The maximum Gasteiger partial charge on any atom is 0.237 e. The first-order chi connectivity index (χ1) is 8.95. The fourth-order valence-corrected chi connectivity index (χ4v) is 1.96. The summed E-state index contributed by atoms with van der Waals surface area (Å²) in [5, 5.41) is 16.1. The van der Waals surface area contributed by atoms with Crippen molar-refractivity contribution in [3.05, 3.63) is 17.5 Å². The fourth-order valence-electron chi connectivity index (χ4n) is 1.96. The predicted molar refractivity (Wildman–Crippen MR) is 73.3 cm³/mol. The Morgan fingerprint density at radius 2 is 2.21 bits per heavy atom. The van der Waals surface area contributed by atoms with Gasteiger partial charge in [-0.25, -0.2) is 0 Å². The summed E-state index contributed by atoms with van der Waals surface area (Å²) in [5.74, 6) is -0.694. The molecule has 1 aromatic rings. The summed E-state index contributed by atoms with van der Waals surface area (Å²) in [7, 11) is 0. The van der Waals surface area contributed by atoms with Crippen LogP contribution >= 0.6 is 0 Å². The van der Waals surface area contributed by atoms with Crippen molar-refractivity contribution in [2.24, 2.45) is 11.8 Å². The number of rotatable bonds is 6. The Bertz CT molecular complexity index is 470. The molecule has 5 nitrogen and oxygen atoms in total. The average Bonchev–Trinajstić information content (AvgIpc) is 2.64. The molecular formula is C14H22N4O. The number of nitrogens with zero attached hydrogens (tertiary/aromatic N) is 3. The lowest BCUT2D eigenvalue weighted by Crippen LogP contribution is -2.33. The van der Waals surface area contributed by atoms with E-state index in [0.29, 0.717) is 6.54 Å². The molecule has 0 saturated carbocycles. The first kappa shape index (κ1) is 15.2. The van der Waals surface area contributed by atoms with Gasteiger partial charge in [-0.3, -0.25) is 9.48 Å². The van der Waals surface area contributed by atoms with Crippen molar-refractivity contribution in [1.29, 1.82) is 5.26 Å². The van der Waals surface area contributed by atoms with Gasteiger partial charge in [0, 0.05) is 18.8 Å². The van der Waals surface area contributed by atoms with Gasteiger partial charge in [0.05, 0.1) is 11.8 Å². The molecular weight excluding hydrogens is 240 g/mol. The van der Waals surface area contributed by atoms with Crippen LogP contribution in [0, 0.1) is 37.0 Å². The Balaban J connectivity index is 2.33. The van der Waals surface area contributed by atoms with Crippen molar-refractivity contribution in [2.75, 3.05) is 6.54 Å². The molecule has 0 bridgehead atoms. The Hall–Kier alpha value is -1.83. The van der Waals surface area contributed by atoms with E-state index in [4.69, 9.17) is 5.26 Å². The smallest absolute Gasteiger partial charge is 0.237 e. The Labute approximate surface area is 114 Å². The zero-order valence-corrected chi connectivity index (χ0v) is 12.1. The fraction of sp³-hybridized carbons (Fsp3) is 0.643. The largest absolute Gasteiger partial charge is 0.355 e. The van der Waals surface area contributed by atoms with E-state index in [-0.39, 0.29) is 11.8 Å². The van der Waals surface area contributed by atoms with Crippen LogP contribution in [0.2, 0.25) is 0 Å². The van der Waals surface area contributed by atoms with Crippen LogP contribution in [-0.2, 0) is 11.3 Å². The van der Waals surface area contributed by atoms with Crippen molar-refractivity contribution in [1.82, 2.24) is 15.1 Å². The summed E-state index contributed by atoms with van der Waals surface area (Å²) in [6.07, 6.45) is 0.809. The molecule has 1 rings (SSSR count). The highest BCUT2D eigenvalue weighted by atomic mass is 16.1. The van der Waals surface area contributed by atoms with Crippen LogP contribution in [0.4, 0.5) is 0 Å². The lowest BCUT2D eigenvalue weighted by molar-refractivity contribution is -0.124. The monoisotopic (exact) mass is 262 g/mol. The molecule has 0 aliphatic heterocycles. The van der Waals surface area contributed by atoms with E-state index < -0.39 is 5.92 Å². The van der Waals surface area contributed by atoms with E-state index >= 15 is 0 Å². The number of carbonyl (C=O) groups excluding carboxylic acids is 1. The third-order valence-corrected chi connectivity index (χ3v) is 3.04. The van der Waals surface area contributed by atoms with Crippen LogP contribution in [0.5, 0.6) is 0 Å². The normalized spacial score (nSPS) is 12.2. The lowest BCUT2D eigenvalue weighted by Gasteiger charge is -2.13. The van der Waals surface area contributed by atoms with Crippen LogP contribution in [0.25, 0.3) is 0 Å². The minimum absolute atomic E-state index is 0.0426. The first-order valence-electron chi connectivity index (χ1n) is 6.64. The summed E-state index contributed by atoms with van der Waals surface area (Å²) >= 11 is 0. The van der Waals surface area contributed by atoms with Crippen molar-refractivity contribution in [2.45, 2.75) is 40.7 Å². The molecule has 1 N–H and O–H groups in total. The van der Waals surface area contributed by atoms with Crippen molar-refractivity contribution in [3.63, 3.8) is 0 Å². The van der Waals surface area contributed by atoms with Crippen molar-refractivity contribution >= 4 is 5.91 Å². The van der Waals surface area contributed by atoms with Gasteiger partial charge >= 0.3 is 0 Å².